The van der Waals surface area contributed by atoms with Crippen molar-refractivity contribution in [2.45, 2.75) is 13.5 Å². The molecule has 1 aromatic rings. The molecule has 1 rings (SSSR count). The fraction of sp³-hybridized carbons (Fsp3) is 0.500. The summed E-state index contributed by atoms with van der Waals surface area (Å²) in [6.45, 7) is 2.85. The monoisotopic (exact) mass is 97.1 g/mol. The second kappa shape index (κ2) is 1.73. The Kier molecular flexibility index (Phi) is 1.06. The average molecular weight is 97.1 g/mol. The van der Waals surface area contributed by atoms with Gasteiger partial charge in [-0.05, 0) is 6.92 Å². The van der Waals surface area contributed by atoms with Crippen molar-refractivity contribution < 1.29 is 0 Å². The zero-order valence-corrected chi connectivity index (χ0v) is 4.20. The van der Waals surface area contributed by atoms with E-state index in [1.807, 2.05) is 6.92 Å². The van der Waals surface area contributed by atoms with E-state index in [0.29, 0.717) is 0 Å². The van der Waals surface area contributed by atoms with E-state index in [0.717, 1.165) is 6.54 Å². The van der Waals surface area contributed by atoms with Crippen molar-refractivity contribution in [3.8, 4) is 0 Å². The van der Waals surface area contributed by atoms with E-state index in [-0.39, 0.29) is 0 Å². The molecular formula is C4H7N3. The minimum absolute atomic E-state index is 0.854. The van der Waals surface area contributed by atoms with Crippen molar-refractivity contribution in [1.29, 1.82) is 0 Å². The second-order valence-electron chi connectivity index (χ2n) is 1.22. The summed E-state index contributed by atoms with van der Waals surface area (Å²) < 4.78 is 0. The molecular weight excluding hydrogens is 90.1 g/mol. The lowest BCUT2D eigenvalue weighted by Gasteiger charge is -1.85. The van der Waals surface area contributed by atoms with Gasteiger partial charge in [-0.2, -0.15) is 15.0 Å². The first-order valence-corrected chi connectivity index (χ1v) is 2.27. The standard InChI is InChI=1S/C4H7N3/c1-2-7-5-3-4-6-7/h3-4H,2H2,1H3. The molecule has 0 aliphatic rings. The highest BCUT2D eigenvalue weighted by atomic mass is 15.5. The number of aromatic nitrogens is 3. The van der Waals surface area contributed by atoms with Gasteiger partial charge in [-0.25, -0.2) is 0 Å². The highest BCUT2D eigenvalue weighted by Crippen LogP contribution is 1.72. The van der Waals surface area contributed by atoms with Gasteiger partial charge in [-0.15, -0.1) is 0 Å². The van der Waals surface area contributed by atoms with Crippen LogP contribution in [0.2, 0.25) is 0 Å². The van der Waals surface area contributed by atoms with Gasteiger partial charge in [0.25, 0.3) is 0 Å². The summed E-state index contributed by atoms with van der Waals surface area (Å²) in [6, 6.07) is 0. The Morgan fingerprint density at radius 2 is 2.00 bits per heavy atom. The van der Waals surface area contributed by atoms with Crippen molar-refractivity contribution in [3.63, 3.8) is 0 Å². The van der Waals surface area contributed by atoms with Gasteiger partial charge >= 0.3 is 0 Å². The average Bonchev–Trinajstić information content (AvgIpc) is 2.14. The first-order valence-electron chi connectivity index (χ1n) is 2.27. The molecule has 0 radical (unpaired) electrons. The predicted molar refractivity (Wildman–Crippen MR) is 25.7 cm³/mol. The third-order valence-corrected chi connectivity index (χ3v) is 0.749. The highest BCUT2D eigenvalue weighted by molar-refractivity contribution is 4.58. The van der Waals surface area contributed by atoms with Gasteiger partial charge in [-0.3, -0.25) is 0 Å². The number of nitrogens with zero attached hydrogens (tertiary/aromatic N) is 3. The van der Waals surface area contributed by atoms with Gasteiger partial charge in [-0.1, -0.05) is 0 Å². The van der Waals surface area contributed by atoms with E-state index in [1.54, 1.807) is 17.2 Å². The van der Waals surface area contributed by atoms with Gasteiger partial charge in [0, 0.05) is 0 Å². The van der Waals surface area contributed by atoms with Crippen LogP contribution < -0.4 is 0 Å². The van der Waals surface area contributed by atoms with Crippen molar-refractivity contribution in [3.05, 3.63) is 12.4 Å². The van der Waals surface area contributed by atoms with E-state index >= 15 is 0 Å². The fourth-order valence-corrected chi connectivity index (χ4v) is 0.407. The Morgan fingerprint density at radius 1 is 1.43 bits per heavy atom. The Balaban J connectivity index is 2.76. The molecule has 0 atom stereocenters. The first-order chi connectivity index (χ1) is 3.43. The molecule has 0 unspecified atom stereocenters. The third kappa shape index (κ3) is 0.765. The molecule has 1 aromatic heterocycles. The summed E-state index contributed by atoms with van der Waals surface area (Å²) in [4.78, 5) is 1.62. The fourth-order valence-electron chi connectivity index (χ4n) is 0.407. The minimum Gasteiger partial charge on any atom is -0.185 e. The van der Waals surface area contributed by atoms with Crippen LogP contribution in [0, 0.1) is 0 Å². The molecule has 38 valence electrons. The minimum atomic E-state index is 0.854. The summed E-state index contributed by atoms with van der Waals surface area (Å²) >= 11 is 0. The molecule has 3 nitrogen and oxygen atoms in total. The Labute approximate surface area is 42.0 Å². The Bertz CT molecular complexity index is 121. The molecule has 0 spiro atoms. The molecule has 7 heavy (non-hydrogen) atoms. The zero-order valence-electron chi connectivity index (χ0n) is 4.20. The molecule has 3 heteroatoms. The van der Waals surface area contributed by atoms with E-state index in [2.05, 4.69) is 10.2 Å². The van der Waals surface area contributed by atoms with Crippen LogP contribution >= 0.6 is 0 Å². The lowest BCUT2D eigenvalue weighted by atomic mass is 10.8. The quantitative estimate of drug-likeness (QED) is 0.504. The largest absolute Gasteiger partial charge is 0.185 e. The van der Waals surface area contributed by atoms with Gasteiger partial charge < -0.3 is 0 Å². The van der Waals surface area contributed by atoms with Crippen molar-refractivity contribution in [2.24, 2.45) is 0 Å². The SMILES string of the molecule is CCn1nccn1. The summed E-state index contributed by atoms with van der Waals surface area (Å²) in [5.74, 6) is 0. The van der Waals surface area contributed by atoms with Gasteiger partial charge in [0.05, 0.1) is 18.9 Å². The van der Waals surface area contributed by atoms with Gasteiger partial charge in [0.15, 0.2) is 0 Å². The van der Waals surface area contributed by atoms with E-state index in [4.69, 9.17) is 0 Å². The molecule has 0 N–H and O–H groups in total. The lowest BCUT2D eigenvalue weighted by molar-refractivity contribution is 0.569. The number of hydrogen-bond donors (Lipinski definition) is 0. The van der Waals surface area contributed by atoms with Crippen LogP contribution in [0.1, 0.15) is 6.92 Å². The predicted octanol–water partition coefficient (Wildman–Crippen LogP) is 0.298. The topological polar surface area (TPSA) is 30.7 Å². The molecule has 1 heterocycles. The van der Waals surface area contributed by atoms with Crippen molar-refractivity contribution in [1.82, 2.24) is 15.0 Å². The maximum Gasteiger partial charge on any atom is 0.0693 e. The summed E-state index contributed by atoms with van der Waals surface area (Å²) in [6.07, 6.45) is 3.34. The summed E-state index contributed by atoms with van der Waals surface area (Å²) in [5.41, 5.74) is 0. The second-order valence-corrected chi connectivity index (χ2v) is 1.22. The van der Waals surface area contributed by atoms with Gasteiger partial charge in [0.2, 0.25) is 0 Å². The van der Waals surface area contributed by atoms with Crippen LogP contribution in [0.4, 0.5) is 0 Å². The Morgan fingerprint density at radius 3 is 2.29 bits per heavy atom. The lowest BCUT2D eigenvalue weighted by Crippen LogP contribution is -1.96. The smallest absolute Gasteiger partial charge is 0.0693 e. The van der Waals surface area contributed by atoms with E-state index < -0.39 is 0 Å². The first kappa shape index (κ1) is 4.30. The number of aryl methyl sites for hydroxylation is 1. The molecule has 0 bridgehead atoms. The third-order valence-electron chi connectivity index (χ3n) is 0.749. The molecule has 0 aromatic carbocycles. The molecule has 0 saturated carbocycles. The molecule has 0 aliphatic carbocycles. The number of rotatable bonds is 1. The van der Waals surface area contributed by atoms with Crippen LogP contribution in [0.5, 0.6) is 0 Å². The van der Waals surface area contributed by atoms with Crippen molar-refractivity contribution in [2.75, 3.05) is 0 Å². The van der Waals surface area contributed by atoms with Crippen LogP contribution in [0.15, 0.2) is 12.4 Å². The summed E-state index contributed by atoms with van der Waals surface area (Å²) in [5, 5.41) is 7.68. The maximum atomic E-state index is 3.84. The van der Waals surface area contributed by atoms with Crippen LogP contribution in [0.3, 0.4) is 0 Å². The highest BCUT2D eigenvalue weighted by Gasteiger charge is 1.78. The summed E-state index contributed by atoms with van der Waals surface area (Å²) in [7, 11) is 0. The Hall–Kier alpha value is -0.860. The number of hydrogen-bond acceptors (Lipinski definition) is 2. The van der Waals surface area contributed by atoms with Gasteiger partial charge in [0.1, 0.15) is 0 Å². The molecule has 0 aliphatic heterocycles. The molecule has 0 fully saturated rings. The van der Waals surface area contributed by atoms with Crippen LogP contribution in [0.25, 0.3) is 0 Å². The van der Waals surface area contributed by atoms with Crippen LogP contribution in [-0.4, -0.2) is 15.0 Å². The molecule has 0 amide bonds. The maximum absolute atomic E-state index is 3.84. The normalized spacial score (nSPS) is 9.29. The zero-order chi connectivity index (χ0) is 5.11. The van der Waals surface area contributed by atoms with Crippen molar-refractivity contribution >= 4 is 0 Å². The molecule has 0 saturated heterocycles. The van der Waals surface area contributed by atoms with E-state index in [9.17, 15) is 0 Å². The van der Waals surface area contributed by atoms with E-state index in [1.165, 1.54) is 0 Å². The van der Waals surface area contributed by atoms with Crippen LogP contribution in [-0.2, 0) is 6.54 Å².